The van der Waals surface area contributed by atoms with Crippen LogP contribution in [0.3, 0.4) is 0 Å². The van der Waals surface area contributed by atoms with Crippen LogP contribution >= 0.6 is 31.9 Å². The van der Waals surface area contributed by atoms with Crippen molar-refractivity contribution in [2.24, 2.45) is 5.10 Å². The molecule has 0 fully saturated rings. The van der Waals surface area contributed by atoms with Gasteiger partial charge in [0.25, 0.3) is 5.91 Å². The molecule has 0 heterocycles. The van der Waals surface area contributed by atoms with Crippen LogP contribution < -0.4 is 14.9 Å². The highest BCUT2D eigenvalue weighted by atomic mass is 79.9. The number of hydrogen-bond donors (Lipinski definition) is 1. The average molecular weight is 546 g/mol. The minimum absolute atomic E-state index is 0.188. The second-order valence-corrected chi connectivity index (χ2v) is 8.31. The fourth-order valence-corrected chi connectivity index (χ4v) is 3.17. The number of ether oxygens (including phenoxy) is 2. The molecule has 3 rings (SSSR count). The molecule has 0 saturated carbocycles. The summed E-state index contributed by atoms with van der Waals surface area (Å²) in [5.74, 6) is -0.0152. The third kappa shape index (κ3) is 7.04. The van der Waals surface area contributed by atoms with Crippen LogP contribution in [0.2, 0.25) is 0 Å². The summed E-state index contributed by atoms with van der Waals surface area (Å²) in [5, 5.41) is 3.94. The molecule has 0 radical (unpaired) electrons. The summed E-state index contributed by atoms with van der Waals surface area (Å²) >= 11 is 6.72. The van der Waals surface area contributed by atoms with Crippen molar-refractivity contribution in [3.8, 4) is 11.5 Å². The van der Waals surface area contributed by atoms with E-state index in [1.54, 1.807) is 48.5 Å². The minimum atomic E-state index is -0.479. The molecule has 6 nitrogen and oxygen atoms in total. The number of carbonyl (C=O) groups is 2. The first kappa shape index (κ1) is 22.7. The van der Waals surface area contributed by atoms with E-state index in [0.29, 0.717) is 22.6 Å². The fraction of sp³-hybridized carbons (Fsp3) is 0.0870. The smallest absolute Gasteiger partial charge is 0.343 e. The van der Waals surface area contributed by atoms with Gasteiger partial charge < -0.3 is 9.47 Å². The topological polar surface area (TPSA) is 77.0 Å². The van der Waals surface area contributed by atoms with E-state index in [0.717, 1.165) is 14.5 Å². The first-order valence-corrected chi connectivity index (χ1v) is 10.8. The van der Waals surface area contributed by atoms with E-state index in [4.69, 9.17) is 9.47 Å². The molecule has 0 aromatic heterocycles. The van der Waals surface area contributed by atoms with Crippen molar-refractivity contribution in [3.63, 3.8) is 0 Å². The molecule has 1 N–H and O–H groups in total. The molecule has 31 heavy (non-hydrogen) atoms. The fourth-order valence-electron chi connectivity index (χ4n) is 2.53. The number of rotatable bonds is 7. The summed E-state index contributed by atoms with van der Waals surface area (Å²) in [6.45, 7) is 1.71. The van der Waals surface area contributed by atoms with Crippen molar-refractivity contribution in [2.45, 2.75) is 6.92 Å². The van der Waals surface area contributed by atoms with Crippen LogP contribution in [-0.2, 0) is 4.79 Å². The van der Waals surface area contributed by atoms with Crippen LogP contribution in [0.15, 0.2) is 80.8 Å². The van der Waals surface area contributed by atoms with Gasteiger partial charge in [0.15, 0.2) is 6.61 Å². The Labute approximate surface area is 196 Å². The Hall–Kier alpha value is -2.97. The molecule has 8 heteroatoms. The Morgan fingerprint density at radius 2 is 1.74 bits per heavy atom. The lowest BCUT2D eigenvalue weighted by Gasteiger charge is -2.09. The van der Waals surface area contributed by atoms with Crippen LogP contribution in [0.1, 0.15) is 21.5 Å². The number of nitrogens with one attached hydrogen (secondary N) is 1. The number of halogens is 2. The van der Waals surface area contributed by atoms with Crippen LogP contribution in [0.25, 0.3) is 0 Å². The van der Waals surface area contributed by atoms with Gasteiger partial charge in [-0.1, -0.05) is 49.6 Å². The molecule has 0 aliphatic rings. The van der Waals surface area contributed by atoms with Gasteiger partial charge in [-0.25, -0.2) is 10.2 Å². The number of hydrogen-bond acceptors (Lipinski definition) is 5. The quantitative estimate of drug-likeness (QED) is 0.190. The van der Waals surface area contributed by atoms with Gasteiger partial charge in [0, 0.05) is 14.5 Å². The van der Waals surface area contributed by atoms with Gasteiger partial charge in [0.1, 0.15) is 11.5 Å². The summed E-state index contributed by atoms with van der Waals surface area (Å²) in [5.41, 5.74) is 4.32. The zero-order valence-corrected chi connectivity index (χ0v) is 19.6. The standard InChI is InChI=1S/C23H18Br2N2O4/c1-15-3-2-4-16(11-15)23(29)31-21-10-7-19(25)12-17(21)13-26-27-22(28)14-30-20-8-5-18(24)6-9-20/h2-13H,14H2,1H3,(H,27,28)/b26-13+. The molecular formula is C23H18Br2N2O4. The molecular weight excluding hydrogens is 528 g/mol. The number of hydrazone groups is 1. The first-order chi connectivity index (χ1) is 14.9. The number of esters is 1. The Balaban J connectivity index is 1.61. The van der Waals surface area contributed by atoms with E-state index in [9.17, 15) is 9.59 Å². The normalized spacial score (nSPS) is 10.7. The van der Waals surface area contributed by atoms with Gasteiger partial charge in [-0.2, -0.15) is 5.10 Å². The van der Waals surface area contributed by atoms with Crippen molar-refractivity contribution in [2.75, 3.05) is 6.61 Å². The van der Waals surface area contributed by atoms with E-state index in [1.807, 2.05) is 25.1 Å². The van der Waals surface area contributed by atoms with Gasteiger partial charge >= 0.3 is 5.97 Å². The summed E-state index contributed by atoms with van der Waals surface area (Å²) in [6.07, 6.45) is 1.40. The lowest BCUT2D eigenvalue weighted by atomic mass is 10.1. The second kappa shape index (κ2) is 10.9. The lowest BCUT2D eigenvalue weighted by Crippen LogP contribution is -2.24. The SMILES string of the molecule is Cc1cccc(C(=O)Oc2ccc(Br)cc2/C=N/NC(=O)COc2ccc(Br)cc2)c1. The van der Waals surface area contributed by atoms with Crippen molar-refractivity contribution in [1.29, 1.82) is 0 Å². The molecule has 0 saturated heterocycles. The van der Waals surface area contributed by atoms with E-state index in [1.165, 1.54) is 6.21 Å². The minimum Gasteiger partial charge on any atom is -0.484 e. The maximum atomic E-state index is 12.5. The average Bonchev–Trinajstić information content (AvgIpc) is 2.75. The molecule has 0 spiro atoms. The summed E-state index contributed by atoms with van der Waals surface area (Å²) in [4.78, 5) is 24.4. The highest BCUT2D eigenvalue weighted by Crippen LogP contribution is 2.23. The largest absolute Gasteiger partial charge is 0.484 e. The van der Waals surface area contributed by atoms with Crippen LogP contribution in [0.4, 0.5) is 0 Å². The van der Waals surface area contributed by atoms with E-state index in [2.05, 4.69) is 42.4 Å². The van der Waals surface area contributed by atoms with Crippen LogP contribution in [0.5, 0.6) is 11.5 Å². The molecule has 0 aliphatic heterocycles. The van der Waals surface area contributed by atoms with Gasteiger partial charge in [-0.05, 0) is 61.5 Å². The summed E-state index contributed by atoms with van der Waals surface area (Å²) in [6, 6.07) is 19.4. The van der Waals surface area contributed by atoms with Gasteiger partial charge in [0.05, 0.1) is 11.8 Å². The zero-order chi connectivity index (χ0) is 22.2. The van der Waals surface area contributed by atoms with Gasteiger partial charge in [-0.15, -0.1) is 0 Å². The molecule has 158 valence electrons. The van der Waals surface area contributed by atoms with Crippen LogP contribution in [0, 0.1) is 6.92 Å². The van der Waals surface area contributed by atoms with E-state index in [-0.39, 0.29) is 6.61 Å². The number of aryl methyl sites for hydroxylation is 1. The van der Waals surface area contributed by atoms with Crippen molar-refractivity contribution in [3.05, 3.63) is 92.4 Å². The van der Waals surface area contributed by atoms with Crippen molar-refractivity contribution >= 4 is 50.0 Å². The molecule has 1 amide bonds. The van der Waals surface area contributed by atoms with E-state index < -0.39 is 11.9 Å². The maximum absolute atomic E-state index is 12.5. The Morgan fingerprint density at radius 3 is 2.48 bits per heavy atom. The predicted molar refractivity (Wildman–Crippen MR) is 126 cm³/mol. The van der Waals surface area contributed by atoms with Gasteiger partial charge in [-0.3, -0.25) is 4.79 Å². The Bertz CT molecular complexity index is 1110. The highest BCUT2D eigenvalue weighted by molar-refractivity contribution is 9.10. The molecule has 0 aliphatic carbocycles. The molecule has 0 atom stereocenters. The maximum Gasteiger partial charge on any atom is 0.343 e. The van der Waals surface area contributed by atoms with Crippen LogP contribution in [-0.4, -0.2) is 24.7 Å². The Morgan fingerprint density at radius 1 is 1.00 bits per heavy atom. The molecule has 3 aromatic rings. The number of amides is 1. The van der Waals surface area contributed by atoms with E-state index >= 15 is 0 Å². The number of nitrogens with zero attached hydrogens (tertiary/aromatic N) is 1. The molecule has 3 aromatic carbocycles. The molecule has 0 unspecified atom stereocenters. The second-order valence-electron chi connectivity index (χ2n) is 6.48. The monoisotopic (exact) mass is 544 g/mol. The van der Waals surface area contributed by atoms with Gasteiger partial charge in [0.2, 0.25) is 0 Å². The van der Waals surface area contributed by atoms with Crippen molar-refractivity contribution < 1.29 is 19.1 Å². The summed E-state index contributed by atoms with van der Waals surface area (Å²) < 4.78 is 12.6. The summed E-state index contributed by atoms with van der Waals surface area (Å²) in [7, 11) is 0. The lowest BCUT2D eigenvalue weighted by molar-refractivity contribution is -0.123. The zero-order valence-electron chi connectivity index (χ0n) is 16.5. The third-order valence-electron chi connectivity index (χ3n) is 4.00. The predicted octanol–water partition coefficient (Wildman–Crippen LogP) is 5.27. The molecule has 0 bridgehead atoms. The number of benzene rings is 3. The first-order valence-electron chi connectivity index (χ1n) is 9.19. The Kier molecular flexibility index (Phi) is 7.97. The van der Waals surface area contributed by atoms with Crippen molar-refractivity contribution in [1.82, 2.24) is 5.43 Å². The third-order valence-corrected chi connectivity index (χ3v) is 5.03. The number of carbonyl (C=O) groups excluding carboxylic acids is 2. The highest BCUT2D eigenvalue weighted by Gasteiger charge is 2.12.